The number of nitrogens with zero attached hydrogens (tertiary/aromatic N) is 3. The van der Waals surface area contributed by atoms with E-state index in [-0.39, 0.29) is 35.9 Å². The summed E-state index contributed by atoms with van der Waals surface area (Å²) >= 11 is 0. The second kappa shape index (κ2) is 11.2. The highest BCUT2D eigenvalue weighted by molar-refractivity contribution is 14.0. The lowest BCUT2D eigenvalue weighted by Crippen LogP contribution is -2.44. The average molecular weight is 539 g/mol. The maximum Gasteiger partial charge on any atom is 0.401 e. The molecule has 0 aromatic heterocycles. The minimum absolute atomic E-state index is 0. The van der Waals surface area contributed by atoms with Crippen molar-refractivity contribution >= 4 is 35.8 Å². The number of benzene rings is 1. The average Bonchev–Trinajstić information content (AvgIpc) is 3.27. The molecule has 1 aromatic rings. The van der Waals surface area contributed by atoms with Gasteiger partial charge in [0.25, 0.3) is 0 Å². The lowest BCUT2D eigenvalue weighted by atomic mass is 10.1. The molecule has 30 heavy (non-hydrogen) atoms. The number of likely N-dealkylation sites (tertiary alicyclic amines) is 2. The molecule has 1 unspecified atom stereocenters. The molecular formula is C20H29F3IN5O. The first kappa shape index (κ1) is 24.7. The number of alkyl halides is 3. The third kappa shape index (κ3) is 7.60. The highest BCUT2D eigenvalue weighted by Crippen LogP contribution is 2.20. The number of rotatable bonds is 6. The van der Waals surface area contributed by atoms with Gasteiger partial charge in [-0.25, -0.2) is 0 Å². The van der Waals surface area contributed by atoms with Crippen LogP contribution in [0.4, 0.5) is 13.2 Å². The van der Waals surface area contributed by atoms with Gasteiger partial charge in [-0.05, 0) is 24.0 Å². The van der Waals surface area contributed by atoms with Gasteiger partial charge >= 0.3 is 6.18 Å². The lowest BCUT2D eigenvalue weighted by molar-refractivity contribution is -0.143. The second-order valence-electron chi connectivity index (χ2n) is 7.64. The van der Waals surface area contributed by atoms with Crippen molar-refractivity contribution in [3.05, 3.63) is 35.4 Å². The van der Waals surface area contributed by atoms with E-state index < -0.39 is 12.7 Å². The SMILES string of the molecule is CN=C(NCc1ccc(CN2CCCC2=O)cc1)NC1CCN(CC(F)(F)F)C1.I. The predicted molar refractivity (Wildman–Crippen MR) is 121 cm³/mol. The van der Waals surface area contributed by atoms with Crippen LogP contribution in [0.3, 0.4) is 0 Å². The predicted octanol–water partition coefficient (Wildman–Crippen LogP) is 2.73. The molecule has 0 radical (unpaired) electrons. The Morgan fingerprint density at radius 3 is 2.50 bits per heavy atom. The van der Waals surface area contributed by atoms with Crippen LogP contribution >= 0.6 is 24.0 Å². The summed E-state index contributed by atoms with van der Waals surface area (Å²) in [6.07, 6.45) is -1.94. The molecule has 1 atom stereocenters. The van der Waals surface area contributed by atoms with Gasteiger partial charge in [-0.1, -0.05) is 24.3 Å². The largest absolute Gasteiger partial charge is 0.401 e. The van der Waals surface area contributed by atoms with Gasteiger partial charge in [0.2, 0.25) is 5.91 Å². The van der Waals surface area contributed by atoms with Crippen molar-refractivity contribution in [2.75, 3.05) is 33.2 Å². The summed E-state index contributed by atoms with van der Waals surface area (Å²) in [4.78, 5) is 19.2. The third-order valence-electron chi connectivity index (χ3n) is 5.27. The topological polar surface area (TPSA) is 60.0 Å². The molecule has 0 saturated carbocycles. The zero-order chi connectivity index (χ0) is 20.9. The molecular weight excluding hydrogens is 510 g/mol. The van der Waals surface area contributed by atoms with E-state index >= 15 is 0 Å². The number of halogens is 4. The van der Waals surface area contributed by atoms with Crippen LogP contribution in [0.1, 0.15) is 30.4 Å². The van der Waals surface area contributed by atoms with Crippen molar-refractivity contribution in [1.29, 1.82) is 0 Å². The second-order valence-corrected chi connectivity index (χ2v) is 7.64. The maximum atomic E-state index is 12.5. The quantitative estimate of drug-likeness (QED) is 0.332. The summed E-state index contributed by atoms with van der Waals surface area (Å²) in [5.41, 5.74) is 2.16. The Hall–Kier alpha value is -1.56. The van der Waals surface area contributed by atoms with Crippen LogP contribution in [0.2, 0.25) is 0 Å². The van der Waals surface area contributed by atoms with E-state index in [2.05, 4.69) is 15.6 Å². The van der Waals surface area contributed by atoms with Crippen LogP contribution in [0.15, 0.2) is 29.3 Å². The monoisotopic (exact) mass is 539 g/mol. The van der Waals surface area contributed by atoms with Gasteiger partial charge in [-0.15, -0.1) is 24.0 Å². The van der Waals surface area contributed by atoms with Gasteiger partial charge in [-0.2, -0.15) is 13.2 Å². The number of hydrogen-bond acceptors (Lipinski definition) is 3. The first-order chi connectivity index (χ1) is 13.8. The van der Waals surface area contributed by atoms with Gasteiger partial charge in [-0.3, -0.25) is 14.7 Å². The Morgan fingerprint density at radius 1 is 1.20 bits per heavy atom. The van der Waals surface area contributed by atoms with E-state index in [9.17, 15) is 18.0 Å². The molecule has 10 heteroatoms. The fourth-order valence-electron chi connectivity index (χ4n) is 3.78. The molecule has 168 valence electrons. The van der Waals surface area contributed by atoms with Crippen LogP contribution < -0.4 is 10.6 Å². The van der Waals surface area contributed by atoms with Crippen LogP contribution in [0.5, 0.6) is 0 Å². The van der Waals surface area contributed by atoms with Gasteiger partial charge in [0.15, 0.2) is 5.96 Å². The summed E-state index contributed by atoms with van der Waals surface area (Å²) in [5.74, 6) is 0.793. The first-order valence-electron chi connectivity index (χ1n) is 9.94. The molecule has 2 heterocycles. The van der Waals surface area contributed by atoms with Gasteiger partial charge in [0, 0.05) is 52.2 Å². The van der Waals surface area contributed by atoms with Crippen molar-refractivity contribution in [2.24, 2.45) is 4.99 Å². The van der Waals surface area contributed by atoms with E-state index in [0.717, 1.165) is 24.1 Å². The number of guanidine groups is 1. The van der Waals surface area contributed by atoms with Crippen molar-refractivity contribution < 1.29 is 18.0 Å². The highest BCUT2D eigenvalue weighted by Gasteiger charge is 2.34. The Kier molecular flexibility index (Phi) is 9.20. The first-order valence-corrected chi connectivity index (χ1v) is 9.94. The minimum Gasteiger partial charge on any atom is -0.352 e. The fraction of sp³-hybridized carbons (Fsp3) is 0.600. The van der Waals surface area contributed by atoms with Crippen molar-refractivity contribution in [1.82, 2.24) is 20.4 Å². The Morgan fingerprint density at radius 2 is 1.90 bits per heavy atom. The number of nitrogens with one attached hydrogen (secondary N) is 2. The molecule has 0 spiro atoms. The molecule has 1 amide bonds. The number of hydrogen-bond donors (Lipinski definition) is 2. The lowest BCUT2D eigenvalue weighted by Gasteiger charge is -2.20. The molecule has 2 N–H and O–H groups in total. The van der Waals surface area contributed by atoms with Gasteiger partial charge < -0.3 is 15.5 Å². The van der Waals surface area contributed by atoms with Crippen molar-refractivity contribution in [2.45, 2.75) is 44.6 Å². The highest BCUT2D eigenvalue weighted by atomic mass is 127. The van der Waals surface area contributed by atoms with Gasteiger partial charge in [0.1, 0.15) is 0 Å². The van der Waals surface area contributed by atoms with Crippen LogP contribution in [-0.2, 0) is 17.9 Å². The smallest absolute Gasteiger partial charge is 0.352 e. The van der Waals surface area contributed by atoms with E-state index in [1.54, 1.807) is 7.05 Å². The maximum absolute atomic E-state index is 12.5. The zero-order valence-corrected chi connectivity index (χ0v) is 19.4. The molecule has 0 bridgehead atoms. The number of carbonyl (C=O) groups is 1. The summed E-state index contributed by atoms with van der Waals surface area (Å²) in [6.45, 7) is 1.94. The van der Waals surface area contributed by atoms with E-state index in [0.29, 0.717) is 45.0 Å². The molecule has 2 saturated heterocycles. The molecule has 1 aromatic carbocycles. The molecule has 6 nitrogen and oxygen atoms in total. The number of amides is 1. The summed E-state index contributed by atoms with van der Waals surface area (Å²) < 4.78 is 37.5. The molecule has 0 aliphatic carbocycles. The zero-order valence-electron chi connectivity index (χ0n) is 17.0. The molecule has 3 rings (SSSR count). The van der Waals surface area contributed by atoms with Crippen molar-refractivity contribution in [3.8, 4) is 0 Å². The van der Waals surface area contributed by atoms with Crippen LogP contribution in [0, 0.1) is 0 Å². The minimum atomic E-state index is -4.16. The van der Waals surface area contributed by atoms with E-state index in [1.165, 1.54) is 4.90 Å². The van der Waals surface area contributed by atoms with Crippen LogP contribution in [-0.4, -0.2) is 67.1 Å². The third-order valence-corrected chi connectivity index (χ3v) is 5.27. The summed E-state index contributed by atoms with van der Waals surface area (Å²) in [5, 5.41) is 6.41. The Balaban J connectivity index is 0.00000320. The summed E-state index contributed by atoms with van der Waals surface area (Å²) in [6, 6.07) is 8.01. The Bertz CT molecular complexity index is 726. The van der Waals surface area contributed by atoms with E-state index in [4.69, 9.17) is 0 Å². The number of carbonyl (C=O) groups excluding carboxylic acids is 1. The molecule has 2 aliphatic rings. The van der Waals surface area contributed by atoms with Crippen LogP contribution in [0.25, 0.3) is 0 Å². The Labute approximate surface area is 192 Å². The van der Waals surface area contributed by atoms with Crippen molar-refractivity contribution in [3.63, 3.8) is 0 Å². The number of aliphatic imine (C=N–C) groups is 1. The normalized spacial score (nSPS) is 20.4. The molecule has 2 aliphatic heterocycles. The van der Waals surface area contributed by atoms with Gasteiger partial charge in [0.05, 0.1) is 6.54 Å². The van der Waals surface area contributed by atoms with E-state index in [1.807, 2.05) is 29.2 Å². The summed E-state index contributed by atoms with van der Waals surface area (Å²) in [7, 11) is 1.65. The molecule has 2 fully saturated rings. The standard InChI is InChI=1S/C20H28F3N5O.HI/c1-24-19(26-17-8-10-27(13-17)14-20(21,22)23)25-11-15-4-6-16(7-5-15)12-28-9-2-3-18(28)29;/h4-7,17H,2-3,8-14H2,1H3,(H2,24,25,26);1H. The fourth-order valence-corrected chi connectivity index (χ4v) is 3.78.